The summed E-state index contributed by atoms with van der Waals surface area (Å²) in [6, 6.07) is 0. The van der Waals surface area contributed by atoms with Crippen LogP contribution in [0.25, 0.3) is 0 Å². The van der Waals surface area contributed by atoms with Crippen molar-refractivity contribution < 1.29 is 4.74 Å². The molecule has 6 nitrogen and oxygen atoms in total. The van der Waals surface area contributed by atoms with Crippen LogP contribution in [0.5, 0.6) is 0 Å². The van der Waals surface area contributed by atoms with E-state index in [2.05, 4.69) is 15.1 Å². The second-order valence-electron chi connectivity index (χ2n) is 5.96. The predicted octanol–water partition coefficient (Wildman–Crippen LogP) is 0.212. The minimum Gasteiger partial charge on any atom is -0.378 e. The molecule has 0 atom stereocenters. The molecule has 1 aromatic heterocycles. The summed E-state index contributed by atoms with van der Waals surface area (Å²) in [5.41, 5.74) is 2.66. The van der Waals surface area contributed by atoms with Gasteiger partial charge < -0.3 is 19.9 Å². The van der Waals surface area contributed by atoms with Gasteiger partial charge in [-0.2, -0.15) is 4.98 Å². The second-order valence-corrected chi connectivity index (χ2v) is 5.96. The van der Waals surface area contributed by atoms with Crippen molar-refractivity contribution in [1.82, 2.24) is 15.3 Å². The molecule has 0 spiro atoms. The number of hydrogen-bond donors (Lipinski definition) is 1. The van der Waals surface area contributed by atoms with Crippen LogP contribution in [0.15, 0.2) is 0 Å². The van der Waals surface area contributed by atoms with Crippen LogP contribution in [0.4, 0.5) is 11.8 Å². The molecule has 0 unspecified atom stereocenters. The Bertz CT molecular complexity index is 509. The molecule has 1 aromatic rings. The van der Waals surface area contributed by atoms with Crippen molar-refractivity contribution in [3.8, 4) is 0 Å². The van der Waals surface area contributed by atoms with Gasteiger partial charge in [0.1, 0.15) is 5.82 Å². The van der Waals surface area contributed by atoms with Gasteiger partial charge in [-0.25, -0.2) is 4.98 Å². The standard InChI is InChI=1S/C15H23N5O/c1-2-12-13(3-1)17-15(20-6-4-16-5-7-20)18-14(12)19-8-10-21-11-9-19/h16H,1-11H2. The summed E-state index contributed by atoms with van der Waals surface area (Å²) in [4.78, 5) is 14.5. The highest BCUT2D eigenvalue weighted by Gasteiger charge is 2.26. The number of nitrogens with zero attached hydrogens (tertiary/aromatic N) is 4. The molecule has 1 aliphatic carbocycles. The first kappa shape index (κ1) is 13.3. The minimum absolute atomic E-state index is 0.807. The number of aromatic nitrogens is 2. The Labute approximate surface area is 125 Å². The van der Waals surface area contributed by atoms with Crippen molar-refractivity contribution in [2.75, 3.05) is 62.3 Å². The van der Waals surface area contributed by atoms with Crippen molar-refractivity contribution in [1.29, 1.82) is 0 Å². The lowest BCUT2D eigenvalue weighted by Crippen LogP contribution is -2.44. The highest BCUT2D eigenvalue weighted by Crippen LogP contribution is 2.31. The zero-order chi connectivity index (χ0) is 14.1. The lowest BCUT2D eigenvalue weighted by atomic mass is 10.2. The number of ether oxygens (including phenoxy) is 1. The normalized spacial score (nSPS) is 22.5. The maximum absolute atomic E-state index is 5.48. The lowest BCUT2D eigenvalue weighted by Gasteiger charge is -2.32. The molecule has 0 aromatic carbocycles. The molecule has 2 fully saturated rings. The molecule has 0 amide bonds. The van der Waals surface area contributed by atoms with E-state index in [0.29, 0.717) is 0 Å². The summed E-state index contributed by atoms with van der Waals surface area (Å²) in [6.45, 7) is 7.56. The van der Waals surface area contributed by atoms with E-state index in [1.54, 1.807) is 0 Å². The maximum atomic E-state index is 5.48. The van der Waals surface area contributed by atoms with Crippen molar-refractivity contribution >= 4 is 11.8 Å². The van der Waals surface area contributed by atoms with E-state index < -0.39 is 0 Å². The Morgan fingerprint density at radius 3 is 2.52 bits per heavy atom. The molecule has 0 saturated carbocycles. The molecular formula is C15H23N5O. The van der Waals surface area contributed by atoms with Crippen molar-refractivity contribution in [3.05, 3.63) is 11.3 Å². The van der Waals surface area contributed by atoms with Gasteiger partial charge in [0.05, 0.1) is 18.9 Å². The Morgan fingerprint density at radius 1 is 0.905 bits per heavy atom. The van der Waals surface area contributed by atoms with Gasteiger partial charge in [-0.05, 0) is 19.3 Å². The third-order valence-electron chi connectivity index (χ3n) is 4.61. The Hall–Kier alpha value is -1.40. The number of aryl methyl sites for hydroxylation is 1. The summed E-state index contributed by atoms with van der Waals surface area (Å²) < 4.78 is 5.48. The van der Waals surface area contributed by atoms with Gasteiger partial charge in [0.25, 0.3) is 0 Å². The number of hydrogen-bond acceptors (Lipinski definition) is 6. The summed E-state index contributed by atoms with van der Waals surface area (Å²) >= 11 is 0. The molecule has 3 aliphatic rings. The van der Waals surface area contributed by atoms with E-state index in [1.165, 1.54) is 23.5 Å². The Morgan fingerprint density at radius 2 is 1.71 bits per heavy atom. The summed E-state index contributed by atoms with van der Waals surface area (Å²) in [5, 5.41) is 3.39. The summed E-state index contributed by atoms with van der Waals surface area (Å²) in [5.74, 6) is 2.10. The lowest BCUT2D eigenvalue weighted by molar-refractivity contribution is 0.122. The highest BCUT2D eigenvalue weighted by atomic mass is 16.5. The van der Waals surface area contributed by atoms with E-state index in [-0.39, 0.29) is 0 Å². The van der Waals surface area contributed by atoms with Crippen LogP contribution >= 0.6 is 0 Å². The zero-order valence-electron chi connectivity index (χ0n) is 12.5. The SMILES string of the molecule is C1Cc2nc(N3CCNCC3)nc(N3CCOCC3)c2C1. The fraction of sp³-hybridized carbons (Fsp3) is 0.733. The van der Waals surface area contributed by atoms with Gasteiger partial charge in [0.2, 0.25) is 5.95 Å². The van der Waals surface area contributed by atoms with Crippen LogP contribution in [-0.2, 0) is 17.6 Å². The van der Waals surface area contributed by atoms with Crippen LogP contribution < -0.4 is 15.1 Å². The number of piperazine rings is 1. The molecule has 3 heterocycles. The van der Waals surface area contributed by atoms with E-state index in [9.17, 15) is 0 Å². The van der Waals surface area contributed by atoms with E-state index in [4.69, 9.17) is 14.7 Å². The van der Waals surface area contributed by atoms with Crippen LogP contribution in [0, 0.1) is 0 Å². The van der Waals surface area contributed by atoms with Crippen LogP contribution in [0.1, 0.15) is 17.7 Å². The second kappa shape index (κ2) is 5.77. The minimum atomic E-state index is 0.807. The molecule has 1 N–H and O–H groups in total. The van der Waals surface area contributed by atoms with Crippen molar-refractivity contribution in [2.24, 2.45) is 0 Å². The quantitative estimate of drug-likeness (QED) is 0.840. The van der Waals surface area contributed by atoms with Crippen LogP contribution in [-0.4, -0.2) is 62.5 Å². The number of morpholine rings is 1. The van der Waals surface area contributed by atoms with Gasteiger partial charge >= 0.3 is 0 Å². The first-order valence-electron chi connectivity index (χ1n) is 8.10. The number of rotatable bonds is 2. The fourth-order valence-electron chi connectivity index (χ4n) is 3.44. The number of fused-ring (bicyclic) bond motifs is 1. The van der Waals surface area contributed by atoms with Gasteiger partial charge in [0.15, 0.2) is 0 Å². The zero-order valence-corrected chi connectivity index (χ0v) is 12.5. The molecule has 4 rings (SSSR count). The first-order valence-corrected chi connectivity index (χ1v) is 8.10. The average Bonchev–Trinajstić information content (AvgIpc) is 3.04. The van der Waals surface area contributed by atoms with E-state index in [0.717, 1.165) is 71.3 Å². The number of nitrogens with one attached hydrogen (secondary N) is 1. The smallest absolute Gasteiger partial charge is 0.227 e. The average molecular weight is 289 g/mol. The third kappa shape index (κ3) is 2.58. The highest BCUT2D eigenvalue weighted by molar-refractivity contribution is 5.55. The summed E-state index contributed by atoms with van der Waals surface area (Å²) in [7, 11) is 0. The molecule has 21 heavy (non-hydrogen) atoms. The first-order chi connectivity index (χ1) is 10.4. The monoisotopic (exact) mass is 289 g/mol. The molecule has 2 aliphatic heterocycles. The molecule has 2 saturated heterocycles. The fourth-order valence-corrected chi connectivity index (χ4v) is 3.44. The molecule has 0 bridgehead atoms. The van der Waals surface area contributed by atoms with Gasteiger partial charge in [0, 0.05) is 44.8 Å². The molecular weight excluding hydrogens is 266 g/mol. The topological polar surface area (TPSA) is 53.5 Å². The third-order valence-corrected chi connectivity index (χ3v) is 4.61. The largest absolute Gasteiger partial charge is 0.378 e. The Kier molecular flexibility index (Phi) is 3.65. The van der Waals surface area contributed by atoms with E-state index in [1.807, 2.05) is 0 Å². The van der Waals surface area contributed by atoms with Crippen molar-refractivity contribution in [2.45, 2.75) is 19.3 Å². The Balaban J connectivity index is 1.68. The van der Waals surface area contributed by atoms with Crippen molar-refractivity contribution in [3.63, 3.8) is 0 Å². The molecule has 0 radical (unpaired) electrons. The van der Waals surface area contributed by atoms with Gasteiger partial charge in [-0.15, -0.1) is 0 Å². The van der Waals surface area contributed by atoms with Crippen LogP contribution in [0.2, 0.25) is 0 Å². The van der Waals surface area contributed by atoms with E-state index >= 15 is 0 Å². The predicted molar refractivity (Wildman–Crippen MR) is 82.2 cm³/mol. The molecule has 114 valence electrons. The van der Waals surface area contributed by atoms with Gasteiger partial charge in [-0.1, -0.05) is 0 Å². The van der Waals surface area contributed by atoms with Crippen LogP contribution in [0.3, 0.4) is 0 Å². The van der Waals surface area contributed by atoms with Gasteiger partial charge in [-0.3, -0.25) is 0 Å². The molecule has 6 heteroatoms. The summed E-state index contributed by atoms with van der Waals surface area (Å²) in [6.07, 6.45) is 3.45. The number of anilines is 2. The maximum Gasteiger partial charge on any atom is 0.227 e.